The zero-order valence-corrected chi connectivity index (χ0v) is 14.2. The fraction of sp³-hybridized carbons (Fsp3) is 0.375. The van der Waals surface area contributed by atoms with Gasteiger partial charge in [-0.2, -0.15) is 0 Å². The van der Waals surface area contributed by atoms with E-state index in [1.807, 2.05) is 0 Å². The second-order valence-corrected chi connectivity index (χ2v) is 6.20. The second kappa shape index (κ2) is 7.21. The van der Waals surface area contributed by atoms with Crippen LogP contribution >= 0.6 is 11.8 Å². The lowest BCUT2D eigenvalue weighted by atomic mass is 10.1. The third-order valence-electron chi connectivity index (χ3n) is 3.49. The van der Waals surface area contributed by atoms with Gasteiger partial charge in [0.1, 0.15) is 11.5 Å². The number of thioether (sulfide) groups is 1. The van der Waals surface area contributed by atoms with E-state index in [1.54, 1.807) is 12.1 Å². The fourth-order valence-corrected chi connectivity index (χ4v) is 2.76. The number of benzene rings is 1. The summed E-state index contributed by atoms with van der Waals surface area (Å²) in [4.78, 5) is 13.2. The fourth-order valence-electron chi connectivity index (χ4n) is 2.04. The number of nitrogens with zero attached hydrogens (tertiary/aromatic N) is 1. The van der Waals surface area contributed by atoms with Gasteiger partial charge in [0.15, 0.2) is 5.17 Å². The standard InChI is InChI=1S/C16H18F2N2O3S/c1-10(2)16(17,18)6-7-23-13-5-4-11(22-3)8-12(13)20-14(21)9-24-15(20)19/h4-5,8,19H,1,6-7,9H2,2-3H3. The molecule has 1 saturated heterocycles. The Hall–Kier alpha value is -2.09. The van der Waals surface area contributed by atoms with Crippen molar-refractivity contribution in [2.24, 2.45) is 0 Å². The van der Waals surface area contributed by atoms with E-state index in [4.69, 9.17) is 14.9 Å². The van der Waals surface area contributed by atoms with Gasteiger partial charge in [0, 0.05) is 12.5 Å². The molecule has 0 aliphatic carbocycles. The summed E-state index contributed by atoms with van der Waals surface area (Å²) >= 11 is 1.09. The van der Waals surface area contributed by atoms with Crippen molar-refractivity contribution in [1.82, 2.24) is 0 Å². The van der Waals surface area contributed by atoms with Gasteiger partial charge in [-0.05, 0) is 24.6 Å². The summed E-state index contributed by atoms with van der Waals surface area (Å²) in [6.45, 7) is 4.29. The first-order valence-corrected chi connectivity index (χ1v) is 8.14. The SMILES string of the molecule is C=C(C)C(F)(F)CCOc1ccc(OC)cc1N1C(=N)SCC1=O. The molecule has 1 aromatic rings. The maximum Gasteiger partial charge on any atom is 0.272 e. The molecule has 2 rings (SSSR count). The van der Waals surface area contributed by atoms with Crippen molar-refractivity contribution < 1.29 is 23.0 Å². The van der Waals surface area contributed by atoms with Gasteiger partial charge in [-0.15, -0.1) is 0 Å². The van der Waals surface area contributed by atoms with Crippen molar-refractivity contribution in [3.63, 3.8) is 0 Å². The second-order valence-electron chi connectivity index (χ2n) is 5.24. The highest BCUT2D eigenvalue weighted by molar-refractivity contribution is 8.15. The average Bonchev–Trinajstić information content (AvgIpc) is 2.86. The van der Waals surface area contributed by atoms with Gasteiger partial charge in [-0.1, -0.05) is 18.3 Å². The maximum atomic E-state index is 13.6. The topological polar surface area (TPSA) is 62.6 Å². The molecule has 0 radical (unpaired) electrons. The van der Waals surface area contributed by atoms with Gasteiger partial charge in [-0.25, -0.2) is 8.78 Å². The smallest absolute Gasteiger partial charge is 0.272 e. The Kier molecular flexibility index (Phi) is 5.48. The van der Waals surface area contributed by atoms with Crippen molar-refractivity contribution in [3.8, 4) is 11.5 Å². The summed E-state index contributed by atoms with van der Waals surface area (Å²) in [6, 6.07) is 4.69. The molecular formula is C16H18F2N2O3S. The molecule has 0 spiro atoms. The number of nitrogens with one attached hydrogen (secondary N) is 1. The van der Waals surface area contributed by atoms with Crippen LogP contribution in [0.4, 0.5) is 14.5 Å². The Labute approximate surface area is 143 Å². The van der Waals surface area contributed by atoms with Crippen LogP contribution in [0.1, 0.15) is 13.3 Å². The summed E-state index contributed by atoms with van der Waals surface area (Å²) in [5.74, 6) is -2.41. The minimum atomic E-state index is -3.02. The van der Waals surface area contributed by atoms with Crippen LogP contribution in [-0.4, -0.2) is 36.5 Å². The predicted molar refractivity (Wildman–Crippen MR) is 90.5 cm³/mol. The number of rotatable bonds is 7. The highest BCUT2D eigenvalue weighted by atomic mass is 32.2. The lowest BCUT2D eigenvalue weighted by molar-refractivity contribution is -0.115. The van der Waals surface area contributed by atoms with Crippen molar-refractivity contribution in [3.05, 3.63) is 30.4 Å². The van der Waals surface area contributed by atoms with E-state index in [1.165, 1.54) is 25.0 Å². The maximum absolute atomic E-state index is 13.6. The molecule has 1 aliphatic heterocycles. The van der Waals surface area contributed by atoms with Crippen LogP contribution in [0.25, 0.3) is 0 Å². The Bertz CT molecular complexity index is 663. The number of halogens is 2. The first kappa shape index (κ1) is 18.3. The van der Waals surface area contributed by atoms with E-state index in [0.717, 1.165) is 11.8 Å². The van der Waals surface area contributed by atoms with Crippen LogP contribution in [0.3, 0.4) is 0 Å². The number of alkyl halides is 2. The molecule has 1 N–H and O–H groups in total. The molecule has 24 heavy (non-hydrogen) atoms. The summed E-state index contributed by atoms with van der Waals surface area (Å²) < 4.78 is 37.8. The summed E-state index contributed by atoms with van der Waals surface area (Å²) in [5.41, 5.74) is 0.0851. The minimum Gasteiger partial charge on any atom is -0.497 e. The first-order valence-electron chi connectivity index (χ1n) is 7.15. The van der Waals surface area contributed by atoms with Crippen molar-refractivity contribution in [1.29, 1.82) is 5.41 Å². The van der Waals surface area contributed by atoms with Crippen LogP contribution in [-0.2, 0) is 4.79 Å². The van der Waals surface area contributed by atoms with E-state index < -0.39 is 12.3 Å². The van der Waals surface area contributed by atoms with Crippen molar-refractivity contribution in [2.75, 3.05) is 24.4 Å². The molecule has 0 aromatic heterocycles. The van der Waals surface area contributed by atoms with E-state index in [0.29, 0.717) is 11.4 Å². The molecule has 130 valence electrons. The first-order chi connectivity index (χ1) is 11.3. The average molecular weight is 356 g/mol. The molecule has 1 aliphatic rings. The van der Waals surface area contributed by atoms with Crippen LogP contribution in [0.5, 0.6) is 11.5 Å². The normalized spacial score (nSPS) is 14.9. The molecule has 1 heterocycles. The quantitative estimate of drug-likeness (QED) is 0.757. The van der Waals surface area contributed by atoms with Gasteiger partial charge in [-0.3, -0.25) is 15.1 Å². The molecule has 0 unspecified atom stereocenters. The van der Waals surface area contributed by atoms with E-state index >= 15 is 0 Å². The minimum absolute atomic E-state index is 0.0605. The largest absolute Gasteiger partial charge is 0.497 e. The van der Waals surface area contributed by atoms with Crippen LogP contribution in [0, 0.1) is 5.41 Å². The van der Waals surface area contributed by atoms with E-state index in [9.17, 15) is 13.6 Å². The summed E-state index contributed by atoms with van der Waals surface area (Å²) in [7, 11) is 1.47. The van der Waals surface area contributed by atoms with Crippen LogP contribution < -0.4 is 14.4 Å². The number of anilines is 1. The zero-order chi connectivity index (χ0) is 17.9. The number of hydrogen-bond donors (Lipinski definition) is 1. The molecule has 0 saturated carbocycles. The molecule has 1 amide bonds. The Morgan fingerprint density at radius 3 is 2.75 bits per heavy atom. The molecule has 5 nitrogen and oxygen atoms in total. The lowest BCUT2D eigenvalue weighted by Crippen LogP contribution is -2.29. The Morgan fingerprint density at radius 2 is 2.21 bits per heavy atom. The Morgan fingerprint density at radius 1 is 1.50 bits per heavy atom. The summed E-state index contributed by atoms with van der Waals surface area (Å²) in [6.07, 6.45) is -0.520. The van der Waals surface area contributed by atoms with Gasteiger partial charge in [0.05, 0.1) is 25.2 Å². The van der Waals surface area contributed by atoms with Gasteiger partial charge in [0.25, 0.3) is 5.92 Å². The monoisotopic (exact) mass is 356 g/mol. The van der Waals surface area contributed by atoms with Crippen molar-refractivity contribution >= 4 is 28.5 Å². The van der Waals surface area contributed by atoms with Crippen molar-refractivity contribution in [2.45, 2.75) is 19.3 Å². The number of hydrogen-bond acceptors (Lipinski definition) is 5. The summed E-state index contributed by atoms with van der Waals surface area (Å²) in [5, 5.41) is 7.93. The zero-order valence-electron chi connectivity index (χ0n) is 13.4. The van der Waals surface area contributed by atoms with Gasteiger partial charge >= 0.3 is 0 Å². The third-order valence-corrected chi connectivity index (χ3v) is 4.34. The molecule has 1 aromatic carbocycles. The molecule has 0 bridgehead atoms. The third kappa shape index (κ3) is 3.87. The number of carbonyl (C=O) groups is 1. The number of amidine groups is 1. The number of carbonyl (C=O) groups excluding carboxylic acids is 1. The van der Waals surface area contributed by atoms with Crippen LogP contribution in [0.2, 0.25) is 0 Å². The molecule has 0 atom stereocenters. The highest BCUT2D eigenvalue weighted by Crippen LogP contribution is 2.37. The van der Waals surface area contributed by atoms with Gasteiger partial charge < -0.3 is 9.47 Å². The highest BCUT2D eigenvalue weighted by Gasteiger charge is 2.32. The predicted octanol–water partition coefficient (Wildman–Crippen LogP) is 3.69. The molecule has 1 fully saturated rings. The number of methoxy groups -OCH3 is 1. The van der Waals surface area contributed by atoms with E-state index in [2.05, 4.69) is 6.58 Å². The van der Waals surface area contributed by atoms with Crippen LogP contribution in [0.15, 0.2) is 30.4 Å². The number of allylic oxidation sites excluding steroid dienone is 1. The molecular weight excluding hydrogens is 338 g/mol. The Balaban J connectivity index is 2.22. The number of amides is 1. The molecule has 8 heteroatoms. The van der Waals surface area contributed by atoms with Gasteiger partial charge in [0.2, 0.25) is 5.91 Å². The number of ether oxygens (including phenoxy) is 2. The van der Waals surface area contributed by atoms with E-state index in [-0.39, 0.29) is 34.8 Å². The lowest BCUT2D eigenvalue weighted by Gasteiger charge is -2.21.